The number of benzene rings is 2. The number of urea groups is 1. The summed E-state index contributed by atoms with van der Waals surface area (Å²) in [6, 6.07) is 14.5. The van der Waals surface area contributed by atoms with Crippen molar-refractivity contribution >= 4 is 17.6 Å². The summed E-state index contributed by atoms with van der Waals surface area (Å²) in [4.78, 5) is 29.2. The topological polar surface area (TPSA) is 82.1 Å². The van der Waals surface area contributed by atoms with E-state index in [9.17, 15) is 14.7 Å². The van der Waals surface area contributed by atoms with Gasteiger partial charge in [-0.3, -0.25) is 4.79 Å². The number of aliphatic hydroxyl groups is 1. The van der Waals surface area contributed by atoms with Crippen LogP contribution in [0.25, 0.3) is 0 Å². The van der Waals surface area contributed by atoms with E-state index in [1.807, 2.05) is 12.1 Å². The van der Waals surface area contributed by atoms with Crippen molar-refractivity contribution in [2.45, 2.75) is 50.1 Å². The van der Waals surface area contributed by atoms with Crippen molar-refractivity contribution in [2.75, 3.05) is 32.1 Å². The summed E-state index contributed by atoms with van der Waals surface area (Å²) in [5.41, 5.74) is 2.65. The molecule has 3 amide bonds. The molecule has 5 rings (SSSR count). The Labute approximate surface area is 212 Å². The second kappa shape index (κ2) is 10.6. The quantitative estimate of drug-likeness (QED) is 0.643. The second-order valence-electron chi connectivity index (χ2n) is 9.91. The van der Waals surface area contributed by atoms with Crippen molar-refractivity contribution < 1.29 is 19.4 Å². The fourth-order valence-corrected chi connectivity index (χ4v) is 5.78. The van der Waals surface area contributed by atoms with Gasteiger partial charge in [0.15, 0.2) is 0 Å². The zero-order chi connectivity index (χ0) is 25.1. The lowest BCUT2D eigenvalue weighted by molar-refractivity contribution is -0.159. The first kappa shape index (κ1) is 24.2. The number of carbonyl (C=O) groups is 2. The standard InChI is InChI=1S/C29H33N3O4/c1-36-24-9-5-8-23(16-24)30-29(35)31-17-25-28(26(19-33)32(25)27(34)18-31)22-14-12-21(13-15-22)11-10-20-6-3-2-4-7-20/h5,8-9,12-16,20,25-26,28,33H,2-4,6-7,17-19H2,1H3,(H,30,35)/t25-,26+,28-/m1/s1. The Hall–Kier alpha value is -3.50. The molecule has 7 nitrogen and oxygen atoms in total. The van der Waals surface area contributed by atoms with Crippen LogP contribution >= 0.6 is 0 Å². The molecular weight excluding hydrogens is 454 g/mol. The molecule has 1 aliphatic carbocycles. The highest BCUT2D eigenvalue weighted by atomic mass is 16.5. The van der Waals surface area contributed by atoms with Crippen LogP contribution in [0.15, 0.2) is 48.5 Å². The van der Waals surface area contributed by atoms with Gasteiger partial charge in [-0.1, -0.05) is 49.3 Å². The molecule has 2 N–H and O–H groups in total. The number of fused-ring (bicyclic) bond motifs is 1. The molecule has 0 bridgehead atoms. The Balaban J connectivity index is 1.28. The molecule has 0 aromatic heterocycles. The Morgan fingerprint density at radius 1 is 1.14 bits per heavy atom. The van der Waals surface area contributed by atoms with Gasteiger partial charge >= 0.3 is 6.03 Å². The summed E-state index contributed by atoms with van der Waals surface area (Å²) in [5.74, 6) is 7.72. The van der Waals surface area contributed by atoms with Crippen molar-refractivity contribution in [3.63, 3.8) is 0 Å². The Morgan fingerprint density at radius 3 is 2.64 bits per heavy atom. The lowest BCUT2D eigenvalue weighted by atomic mass is 9.73. The maximum absolute atomic E-state index is 13.0. The lowest BCUT2D eigenvalue weighted by Gasteiger charge is -2.58. The van der Waals surface area contributed by atoms with Crippen LogP contribution in [0.5, 0.6) is 5.75 Å². The first-order chi connectivity index (χ1) is 17.6. The number of aliphatic hydroxyl groups excluding tert-OH is 1. The molecule has 188 valence electrons. The van der Waals surface area contributed by atoms with Gasteiger partial charge in [0.25, 0.3) is 0 Å². The van der Waals surface area contributed by atoms with E-state index in [-0.39, 0.29) is 43.1 Å². The number of rotatable bonds is 4. The minimum Gasteiger partial charge on any atom is -0.497 e. The molecular formula is C29H33N3O4. The lowest BCUT2D eigenvalue weighted by Crippen LogP contribution is -2.73. The number of methoxy groups -OCH3 is 1. The van der Waals surface area contributed by atoms with Gasteiger partial charge in [-0.05, 0) is 42.7 Å². The molecule has 2 saturated heterocycles. The summed E-state index contributed by atoms with van der Waals surface area (Å²) in [6.45, 7) is 0.295. The molecule has 7 heteroatoms. The molecule has 2 heterocycles. The molecule has 0 radical (unpaired) electrons. The van der Waals surface area contributed by atoms with Crippen LogP contribution in [0.3, 0.4) is 0 Å². The smallest absolute Gasteiger partial charge is 0.322 e. The molecule has 3 aliphatic rings. The fourth-order valence-electron chi connectivity index (χ4n) is 5.78. The highest BCUT2D eigenvalue weighted by molar-refractivity contribution is 5.94. The Kier molecular flexibility index (Phi) is 7.15. The molecule has 2 aromatic rings. The summed E-state index contributed by atoms with van der Waals surface area (Å²) in [6.07, 6.45) is 6.25. The predicted octanol–water partition coefficient (Wildman–Crippen LogP) is 3.83. The third-order valence-electron chi connectivity index (χ3n) is 7.68. The number of anilines is 1. The van der Waals surface area contributed by atoms with E-state index in [4.69, 9.17) is 4.74 Å². The number of piperazine rings is 1. The Bertz CT molecular complexity index is 1160. The zero-order valence-corrected chi connectivity index (χ0v) is 20.7. The number of nitrogens with zero attached hydrogens (tertiary/aromatic N) is 2. The van der Waals surface area contributed by atoms with E-state index in [1.165, 1.54) is 32.1 Å². The third kappa shape index (κ3) is 4.91. The second-order valence-corrected chi connectivity index (χ2v) is 9.91. The van der Waals surface area contributed by atoms with Crippen LogP contribution in [0.1, 0.15) is 49.1 Å². The maximum Gasteiger partial charge on any atom is 0.322 e. The average Bonchev–Trinajstić information content (AvgIpc) is 2.90. The van der Waals surface area contributed by atoms with E-state index in [1.54, 1.807) is 41.2 Å². The molecule has 2 aromatic carbocycles. The summed E-state index contributed by atoms with van der Waals surface area (Å²) in [5, 5.41) is 12.9. The van der Waals surface area contributed by atoms with Crippen molar-refractivity contribution in [3.05, 3.63) is 59.7 Å². The van der Waals surface area contributed by atoms with E-state index >= 15 is 0 Å². The summed E-state index contributed by atoms with van der Waals surface area (Å²) in [7, 11) is 1.57. The number of nitrogens with one attached hydrogen (secondary N) is 1. The predicted molar refractivity (Wildman–Crippen MR) is 138 cm³/mol. The fraction of sp³-hybridized carbons (Fsp3) is 0.448. The van der Waals surface area contributed by atoms with Crippen LogP contribution in [-0.4, -0.2) is 65.7 Å². The number of ether oxygens (including phenoxy) is 1. The SMILES string of the molecule is COc1cccc(NC(=O)N2CC(=O)N3[C@H](C2)[C@@H](c2ccc(C#CC4CCCCC4)cc2)[C@@H]3CO)c1. The normalized spacial score (nSPS) is 23.7. The van der Waals surface area contributed by atoms with Crippen LogP contribution in [0.2, 0.25) is 0 Å². The highest BCUT2D eigenvalue weighted by Gasteiger charge is 2.54. The first-order valence-corrected chi connectivity index (χ1v) is 12.8. The zero-order valence-electron chi connectivity index (χ0n) is 20.7. The number of carbonyl (C=O) groups excluding carboxylic acids is 2. The summed E-state index contributed by atoms with van der Waals surface area (Å²) >= 11 is 0. The van der Waals surface area contributed by atoms with Gasteiger partial charge in [0.05, 0.1) is 25.8 Å². The molecule has 0 spiro atoms. The highest BCUT2D eigenvalue weighted by Crippen LogP contribution is 2.43. The van der Waals surface area contributed by atoms with E-state index in [2.05, 4.69) is 29.3 Å². The number of hydrogen-bond acceptors (Lipinski definition) is 4. The van der Waals surface area contributed by atoms with E-state index in [0.717, 1.165) is 11.1 Å². The maximum atomic E-state index is 13.0. The van der Waals surface area contributed by atoms with Gasteiger partial charge in [-0.15, -0.1) is 0 Å². The van der Waals surface area contributed by atoms with Crippen LogP contribution in [-0.2, 0) is 4.79 Å². The van der Waals surface area contributed by atoms with Crippen LogP contribution < -0.4 is 10.1 Å². The van der Waals surface area contributed by atoms with Gasteiger partial charge in [0.2, 0.25) is 5.91 Å². The first-order valence-electron chi connectivity index (χ1n) is 12.8. The molecule has 1 saturated carbocycles. The van der Waals surface area contributed by atoms with Gasteiger partial charge in [0, 0.05) is 35.7 Å². The van der Waals surface area contributed by atoms with Gasteiger partial charge < -0.3 is 25.0 Å². The minimum absolute atomic E-state index is 0.00871. The largest absolute Gasteiger partial charge is 0.497 e. The Morgan fingerprint density at radius 2 is 1.92 bits per heavy atom. The van der Waals surface area contributed by atoms with Crippen molar-refractivity contribution in [2.24, 2.45) is 5.92 Å². The molecule has 3 fully saturated rings. The number of hydrogen-bond donors (Lipinski definition) is 2. The van der Waals surface area contributed by atoms with Crippen molar-refractivity contribution in [3.8, 4) is 17.6 Å². The molecule has 3 atom stereocenters. The third-order valence-corrected chi connectivity index (χ3v) is 7.68. The van der Waals surface area contributed by atoms with Crippen molar-refractivity contribution in [1.82, 2.24) is 9.80 Å². The summed E-state index contributed by atoms with van der Waals surface area (Å²) < 4.78 is 5.22. The molecule has 2 aliphatic heterocycles. The monoisotopic (exact) mass is 487 g/mol. The average molecular weight is 488 g/mol. The van der Waals surface area contributed by atoms with Crippen LogP contribution in [0, 0.1) is 17.8 Å². The number of amides is 3. The van der Waals surface area contributed by atoms with Gasteiger partial charge in [-0.25, -0.2) is 4.79 Å². The van der Waals surface area contributed by atoms with Gasteiger partial charge in [0.1, 0.15) is 12.3 Å². The van der Waals surface area contributed by atoms with Crippen LogP contribution in [0.4, 0.5) is 10.5 Å². The molecule has 36 heavy (non-hydrogen) atoms. The van der Waals surface area contributed by atoms with Gasteiger partial charge in [-0.2, -0.15) is 0 Å². The minimum atomic E-state index is -0.323. The van der Waals surface area contributed by atoms with E-state index < -0.39 is 0 Å². The van der Waals surface area contributed by atoms with E-state index in [0.29, 0.717) is 23.9 Å². The van der Waals surface area contributed by atoms with Crippen molar-refractivity contribution in [1.29, 1.82) is 0 Å². The molecule has 0 unspecified atom stereocenters.